The fourth-order valence-electron chi connectivity index (χ4n) is 2.83. The fourth-order valence-corrected chi connectivity index (χ4v) is 4.31. The molecule has 0 aliphatic carbocycles. The molecule has 0 saturated carbocycles. The Morgan fingerprint density at radius 3 is 2.52 bits per heavy atom. The number of rotatable bonds is 7. The van der Waals surface area contributed by atoms with Gasteiger partial charge in [-0.15, -0.1) is 0 Å². The first-order valence-corrected chi connectivity index (χ1v) is 9.70. The average molecular weight is 358 g/mol. The summed E-state index contributed by atoms with van der Waals surface area (Å²) in [6.07, 6.45) is 1.73. The van der Waals surface area contributed by atoms with Crippen LogP contribution >= 0.6 is 7.52 Å². The molecule has 0 radical (unpaired) electrons. The van der Waals surface area contributed by atoms with Gasteiger partial charge in [0.2, 0.25) is 0 Å². The van der Waals surface area contributed by atoms with Gasteiger partial charge in [-0.05, 0) is 17.2 Å². The van der Waals surface area contributed by atoms with Gasteiger partial charge in [-0.2, -0.15) is 0 Å². The lowest BCUT2D eigenvalue weighted by Crippen LogP contribution is -2.36. The van der Waals surface area contributed by atoms with E-state index in [4.69, 9.17) is 0 Å². The topological polar surface area (TPSA) is 102 Å². The number of carbonyl (C=O) groups is 1. The number of fused-ring (bicyclic) bond motifs is 1. The van der Waals surface area contributed by atoms with Gasteiger partial charge in [0.25, 0.3) is 7.52 Å². The minimum atomic E-state index is -3.84. The van der Waals surface area contributed by atoms with Crippen LogP contribution in [-0.4, -0.2) is 27.0 Å². The average Bonchev–Trinajstić information content (AvgIpc) is 2.98. The molecule has 4 N–H and O–H groups in total. The van der Waals surface area contributed by atoms with Crippen LogP contribution in [0.15, 0.2) is 60.8 Å². The molecule has 0 bridgehead atoms. The molecule has 0 amide bonds. The van der Waals surface area contributed by atoms with Crippen LogP contribution in [0.3, 0.4) is 0 Å². The summed E-state index contributed by atoms with van der Waals surface area (Å²) >= 11 is 0. The van der Waals surface area contributed by atoms with Crippen molar-refractivity contribution >= 4 is 24.4 Å². The molecule has 0 spiro atoms. The van der Waals surface area contributed by atoms with E-state index < -0.39 is 19.5 Å². The number of aliphatic carboxylic acids is 1. The molecule has 1 aromatic heterocycles. The highest BCUT2D eigenvalue weighted by Gasteiger charge is 2.28. The monoisotopic (exact) mass is 358 g/mol. The zero-order valence-electron chi connectivity index (χ0n) is 13.4. The van der Waals surface area contributed by atoms with Gasteiger partial charge < -0.3 is 15.0 Å². The summed E-state index contributed by atoms with van der Waals surface area (Å²) in [4.78, 5) is 24.9. The number of carboxylic acid groups (broad SMARTS) is 1. The van der Waals surface area contributed by atoms with Crippen LogP contribution in [0.2, 0.25) is 0 Å². The van der Waals surface area contributed by atoms with Crippen molar-refractivity contribution in [3.63, 3.8) is 0 Å². The zero-order chi connectivity index (χ0) is 17.9. The fraction of sp³-hybridized carbons (Fsp3) is 0.167. The standard InChI is InChI=1S/C18H19N2O4P/c21-18(22)17(10-14-11-19-16-9-5-4-8-15(14)16)20-25(23,24)12-13-6-2-1-3-7-13/h1-9,11,17,19H,10,12H2,(H,21,22)(H2,20,23,24). The van der Waals surface area contributed by atoms with Crippen LogP contribution < -0.4 is 5.09 Å². The molecule has 0 aliphatic heterocycles. The molecule has 0 aliphatic rings. The lowest BCUT2D eigenvalue weighted by atomic mass is 10.1. The first kappa shape index (κ1) is 17.4. The zero-order valence-corrected chi connectivity index (χ0v) is 14.3. The summed E-state index contributed by atoms with van der Waals surface area (Å²) in [7, 11) is -3.84. The lowest BCUT2D eigenvalue weighted by Gasteiger charge is -2.19. The molecule has 0 fully saturated rings. The van der Waals surface area contributed by atoms with Crippen LogP contribution in [0, 0.1) is 0 Å². The Kier molecular flexibility index (Phi) is 5.04. The quantitative estimate of drug-likeness (QED) is 0.486. The summed E-state index contributed by atoms with van der Waals surface area (Å²) in [5.74, 6) is -1.16. The number of hydrogen-bond donors (Lipinski definition) is 4. The van der Waals surface area contributed by atoms with Crippen molar-refractivity contribution in [2.75, 3.05) is 0 Å². The molecule has 3 aromatic rings. The Balaban J connectivity index is 1.77. The number of H-pyrrole nitrogens is 1. The molecule has 2 aromatic carbocycles. The van der Waals surface area contributed by atoms with E-state index in [1.54, 1.807) is 30.5 Å². The maximum absolute atomic E-state index is 12.5. The Morgan fingerprint density at radius 1 is 1.12 bits per heavy atom. The predicted molar refractivity (Wildman–Crippen MR) is 96.5 cm³/mol. The number of carboxylic acids is 1. The molecular weight excluding hydrogens is 339 g/mol. The molecule has 25 heavy (non-hydrogen) atoms. The first-order valence-electron chi connectivity index (χ1n) is 7.86. The largest absolute Gasteiger partial charge is 0.480 e. The van der Waals surface area contributed by atoms with Crippen LogP contribution in [-0.2, 0) is 21.9 Å². The third-order valence-electron chi connectivity index (χ3n) is 3.99. The van der Waals surface area contributed by atoms with E-state index in [1.165, 1.54) is 0 Å². The molecule has 7 heteroatoms. The summed E-state index contributed by atoms with van der Waals surface area (Å²) in [6, 6.07) is 15.2. The summed E-state index contributed by atoms with van der Waals surface area (Å²) < 4.78 is 12.5. The van der Waals surface area contributed by atoms with Gasteiger partial charge in [0.1, 0.15) is 6.04 Å². The minimum Gasteiger partial charge on any atom is -0.480 e. The highest BCUT2D eigenvalue weighted by molar-refractivity contribution is 7.55. The van der Waals surface area contributed by atoms with Gasteiger partial charge in [0, 0.05) is 23.5 Å². The van der Waals surface area contributed by atoms with E-state index >= 15 is 0 Å². The second kappa shape index (κ2) is 7.23. The molecular formula is C18H19N2O4P. The number of aromatic nitrogens is 1. The second-order valence-corrected chi connectivity index (χ2v) is 7.91. The summed E-state index contributed by atoms with van der Waals surface area (Å²) in [5, 5.41) is 12.8. The van der Waals surface area contributed by atoms with Crippen molar-refractivity contribution < 1.29 is 19.4 Å². The van der Waals surface area contributed by atoms with Crippen molar-refractivity contribution in [3.05, 3.63) is 71.9 Å². The normalized spacial score (nSPS) is 14.9. The molecule has 130 valence electrons. The molecule has 1 heterocycles. The molecule has 6 nitrogen and oxygen atoms in total. The van der Waals surface area contributed by atoms with E-state index in [0.717, 1.165) is 16.5 Å². The van der Waals surface area contributed by atoms with Crippen molar-refractivity contribution in [2.45, 2.75) is 18.6 Å². The first-order chi connectivity index (χ1) is 11.9. The number of hydrogen-bond acceptors (Lipinski definition) is 2. The van der Waals surface area contributed by atoms with Crippen LogP contribution in [0.25, 0.3) is 10.9 Å². The number of para-hydroxylation sites is 1. The third-order valence-corrected chi connectivity index (χ3v) is 5.50. The van der Waals surface area contributed by atoms with Crippen molar-refractivity contribution in [2.24, 2.45) is 0 Å². The van der Waals surface area contributed by atoms with Crippen LogP contribution in [0.4, 0.5) is 0 Å². The van der Waals surface area contributed by atoms with Gasteiger partial charge in [-0.25, -0.2) is 5.09 Å². The van der Waals surface area contributed by atoms with E-state index in [1.807, 2.05) is 30.3 Å². The van der Waals surface area contributed by atoms with Gasteiger partial charge in [0.05, 0.1) is 6.16 Å². The smallest absolute Gasteiger partial charge is 0.321 e. The number of nitrogens with one attached hydrogen (secondary N) is 2. The molecule has 2 atom stereocenters. The van der Waals surface area contributed by atoms with Crippen molar-refractivity contribution in [3.8, 4) is 0 Å². The summed E-state index contributed by atoms with van der Waals surface area (Å²) in [5.41, 5.74) is 2.37. The molecule has 0 saturated heterocycles. The second-order valence-electron chi connectivity index (χ2n) is 5.93. The third kappa shape index (κ3) is 4.37. The SMILES string of the molecule is O=C(O)C(Cc1c[nH]c2ccccc12)NP(=O)(O)Cc1ccccc1. The predicted octanol–water partition coefficient (Wildman–Crippen LogP) is 3.14. The van der Waals surface area contributed by atoms with E-state index in [-0.39, 0.29) is 12.6 Å². The van der Waals surface area contributed by atoms with Gasteiger partial charge >= 0.3 is 5.97 Å². The van der Waals surface area contributed by atoms with Gasteiger partial charge in [0.15, 0.2) is 0 Å². The van der Waals surface area contributed by atoms with Crippen LogP contribution in [0.5, 0.6) is 0 Å². The minimum absolute atomic E-state index is 0.110. The lowest BCUT2D eigenvalue weighted by molar-refractivity contribution is -0.139. The Morgan fingerprint density at radius 2 is 1.80 bits per heavy atom. The molecule has 2 unspecified atom stereocenters. The Bertz CT molecular complexity index is 923. The number of benzene rings is 2. The van der Waals surface area contributed by atoms with E-state index in [0.29, 0.717) is 5.56 Å². The highest BCUT2D eigenvalue weighted by atomic mass is 31.2. The van der Waals surface area contributed by atoms with E-state index in [2.05, 4.69) is 10.1 Å². The number of aromatic amines is 1. The van der Waals surface area contributed by atoms with Gasteiger partial charge in [-0.3, -0.25) is 9.36 Å². The maximum atomic E-state index is 12.5. The van der Waals surface area contributed by atoms with E-state index in [9.17, 15) is 19.4 Å². The van der Waals surface area contributed by atoms with Crippen molar-refractivity contribution in [1.82, 2.24) is 10.1 Å². The maximum Gasteiger partial charge on any atom is 0.321 e. The van der Waals surface area contributed by atoms with Crippen molar-refractivity contribution in [1.29, 1.82) is 0 Å². The Hall–Kier alpha value is -2.40. The van der Waals surface area contributed by atoms with Crippen LogP contribution in [0.1, 0.15) is 11.1 Å². The molecule has 3 rings (SSSR count). The highest BCUT2D eigenvalue weighted by Crippen LogP contribution is 2.40. The Labute approximate surface area is 145 Å². The van der Waals surface area contributed by atoms with Gasteiger partial charge in [-0.1, -0.05) is 48.5 Å². The summed E-state index contributed by atoms with van der Waals surface area (Å²) in [6.45, 7) is 0.